The first-order chi connectivity index (χ1) is 11.9. The molecule has 0 bridgehead atoms. The van der Waals surface area contributed by atoms with Crippen molar-refractivity contribution in [1.29, 1.82) is 0 Å². The SMILES string of the molecule is c1ccc(Nc2ccc3c(ccc4oc5ccccc5c43)c2)cc1. The van der Waals surface area contributed by atoms with Gasteiger partial charge in [0.2, 0.25) is 0 Å². The number of nitrogens with one attached hydrogen (secondary N) is 1. The fourth-order valence-corrected chi connectivity index (χ4v) is 3.32. The Hall–Kier alpha value is -3.26. The van der Waals surface area contributed by atoms with Crippen LogP contribution in [0.5, 0.6) is 0 Å². The molecule has 0 radical (unpaired) electrons. The molecule has 0 amide bonds. The predicted octanol–water partition coefficient (Wildman–Crippen LogP) is 6.48. The molecule has 1 heterocycles. The van der Waals surface area contributed by atoms with Gasteiger partial charge in [-0.2, -0.15) is 0 Å². The molecule has 0 atom stereocenters. The summed E-state index contributed by atoms with van der Waals surface area (Å²) in [5, 5.41) is 8.23. The Bertz CT molecular complexity index is 1170. The average molecular weight is 309 g/mol. The summed E-state index contributed by atoms with van der Waals surface area (Å²) >= 11 is 0. The normalized spacial score (nSPS) is 11.3. The van der Waals surface area contributed by atoms with Crippen LogP contribution in [-0.2, 0) is 0 Å². The molecule has 0 aliphatic rings. The van der Waals surface area contributed by atoms with Crippen molar-refractivity contribution < 1.29 is 4.42 Å². The van der Waals surface area contributed by atoms with E-state index in [2.05, 4.69) is 59.9 Å². The first kappa shape index (κ1) is 13.2. The average Bonchev–Trinajstić information content (AvgIpc) is 3.01. The smallest absolute Gasteiger partial charge is 0.136 e. The zero-order valence-corrected chi connectivity index (χ0v) is 13.0. The summed E-state index contributed by atoms with van der Waals surface area (Å²) in [5.41, 5.74) is 4.05. The summed E-state index contributed by atoms with van der Waals surface area (Å²) in [5.74, 6) is 0. The number of hydrogen-bond acceptors (Lipinski definition) is 2. The second-order valence-corrected chi connectivity index (χ2v) is 5.96. The molecule has 2 heteroatoms. The number of hydrogen-bond donors (Lipinski definition) is 1. The molecule has 5 aromatic rings. The molecule has 0 aliphatic heterocycles. The van der Waals surface area contributed by atoms with Gasteiger partial charge < -0.3 is 9.73 Å². The van der Waals surface area contributed by atoms with Gasteiger partial charge in [-0.1, -0.05) is 48.5 Å². The Morgan fingerprint density at radius 2 is 1.42 bits per heavy atom. The maximum absolute atomic E-state index is 5.97. The van der Waals surface area contributed by atoms with Crippen LogP contribution in [0.3, 0.4) is 0 Å². The number of para-hydroxylation sites is 2. The van der Waals surface area contributed by atoms with E-state index in [1.165, 1.54) is 21.5 Å². The van der Waals surface area contributed by atoms with Gasteiger partial charge in [0.25, 0.3) is 0 Å². The van der Waals surface area contributed by atoms with Crippen molar-refractivity contribution in [1.82, 2.24) is 0 Å². The van der Waals surface area contributed by atoms with E-state index in [4.69, 9.17) is 4.42 Å². The highest BCUT2D eigenvalue weighted by Gasteiger charge is 2.10. The minimum absolute atomic E-state index is 0.937. The Morgan fingerprint density at radius 1 is 0.583 bits per heavy atom. The van der Waals surface area contributed by atoms with Crippen molar-refractivity contribution >= 4 is 44.1 Å². The van der Waals surface area contributed by atoms with E-state index < -0.39 is 0 Å². The zero-order chi connectivity index (χ0) is 15.9. The first-order valence-corrected chi connectivity index (χ1v) is 8.04. The number of benzene rings is 4. The summed E-state index contributed by atoms with van der Waals surface area (Å²) < 4.78 is 5.97. The molecular formula is C22H15NO. The van der Waals surface area contributed by atoms with Crippen molar-refractivity contribution in [2.45, 2.75) is 0 Å². The fraction of sp³-hybridized carbons (Fsp3) is 0. The van der Waals surface area contributed by atoms with Gasteiger partial charge in [-0.15, -0.1) is 0 Å². The van der Waals surface area contributed by atoms with Crippen molar-refractivity contribution in [2.24, 2.45) is 0 Å². The van der Waals surface area contributed by atoms with Crippen LogP contribution in [0.15, 0.2) is 89.3 Å². The lowest BCUT2D eigenvalue weighted by atomic mass is 10.0. The molecule has 4 aromatic carbocycles. The van der Waals surface area contributed by atoms with E-state index in [1.54, 1.807) is 0 Å². The maximum atomic E-state index is 5.97. The van der Waals surface area contributed by atoms with Crippen LogP contribution in [0.1, 0.15) is 0 Å². The molecule has 2 nitrogen and oxygen atoms in total. The molecule has 1 N–H and O–H groups in total. The Kier molecular flexibility index (Phi) is 2.83. The van der Waals surface area contributed by atoms with E-state index in [-0.39, 0.29) is 0 Å². The summed E-state index contributed by atoms with van der Waals surface area (Å²) in [6, 6.07) is 29.1. The summed E-state index contributed by atoms with van der Waals surface area (Å²) in [4.78, 5) is 0. The van der Waals surface area contributed by atoms with Crippen LogP contribution in [0.4, 0.5) is 11.4 Å². The van der Waals surface area contributed by atoms with Gasteiger partial charge in [0.05, 0.1) is 0 Å². The second-order valence-electron chi connectivity index (χ2n) is 5.96. The van der Waals surface area contributed by atoms with Crippen molar-refractivity contribution in [2.75, 3.05) is 5.32 Å². The van der Waals surface area contributed by atoms with E-state index in [1.807, 2.05) is 30.3 Å². The minimum Gasteiger partial charge on any atom is -0.456 e. The molecule has 0 saturated heterocycles. The van der Waals surface area contributed by atoms with Crippen LogP contribution in [0, 0.1) is 0 Å². The van der Waals surface area contributed by atoms with Gasteiger partial charge in [0, 0.05) is 22.1 Å². The highest BCUT2D eigenvalue weighted by Crippen LogP contribution is 2.35. The molecule has 0 saturated carbocycles. The molecule has 0 unspecified atom stereocenters. The maximum Gasteiger partial charge on any atom is 0.136 e. The highest BCUT2D eigenvalue weighted by molar-refractivity contribution is 6.19. The summed E-state index contributed by atoms with van der Waals surface area (Å²) in [6.45, 7) is 0. The van der Waals surface area contributed by atoms with Gasteiger partial charge >= 0.3 is 0 Å². The van der Waals surface area contributed by atoms with E-state index in [0.29, 0.717) is 0 Å². The van der Waals surface area contributed by atoms with Gasteiger partial charge in [0.15, 0.2) is 0 Å². The van der Waals surface area contributed by atoms with Crippen molar-refractivity contribution in [3.05, 3.63) is 84.9 Å². The lowest BCUT2D eigenvalue weighted by Gasteiger charge is -2.08. The fourth-order valence-electron chi connectivity index (χ4n) is 3.32. The van der Waals surface area contributed by atoms with Crippen molar-refractivity contribution in [3.63, 3.8) is 0 Å². The molecular weight excluding hydrogens is 294 g/mol. The third kappa shape index (κ3) is 2.04. The monoisotopic (exact) mass is 309 g/mol. The summed E-state index contributed by atoms with van der Waals surface area (Å²) in [6.07, 6.45) is 0. The summed E-state index contributed by atoms with van der Waals surface area (Å²) in [7, 11) is 0. The lowest BCUT2D eigenvalue weighted by molar-refractivity contribution is 0.669. The minimum atomic E-state index is 0.937. The topological polar surface area (TPSA) is 25.2 Å². The number of furan rings is 1. The van der Waals surface area contributed by atoms with Gasteiger partial charge in [-0.25, -0.2) is 0 Å². The Labute approximate surface area is 139 Å². The van der Waals surface area contributed by atoms with Gasteiger partial charge in [-0.05, 0) is 47.2 Å². The Balaban J connectivity index is 1.70. The standard InChI is InChI=1S/C22H15NO/c1-2-6-16(7-3-1)23-17-11-12-18-15(14-17)10-13-21-22(18)19-8-4-5-9-20(19)24-21/h1-14,23H. The predicted molar refractivity (Wildman–Crippen MR) is 101 cm³/mol. The molecule has 1 aromatic heterocycles. The molecule has 24 heavy (non-hydrogen) atoms. The van der Waals surface area contributed by atoms with Crippen molar-refractivity contribution in [3.8, 4) is 0 Å². The highest BCUT2D eigenvalue weighted by atomic mass is 16.3. The Morgan fingerprint density at radius 3 is 2.33 bits per heavy atom. The van der Waals surface area contributed by atoms with Crippen LogP contribution >= 0.6 is 0 Å². The van der Waals surface area contributed by atoms with Crippen LogP contribution in [0.2, 0.25) is 0 Å². The van der Waals surface area contributed by atoms with E-state index >= 15 is 0 Å². The molecule has 0 aliphatic carbocycles. The van der Waals surface area contributed by atoms with Gasteiger partial charge in [-0.3, -0.25) is 0 Å². The molecule has 0 fully saturated rings. The van der Waals surface area contributed by atoms with Crippen LogP contribution in [0.25, 0.3) is 32.7 Å². The second kappa shape index (κ2) is 5.14. The third-order valence-corrected chi connectivity index (χ3v) is 4.42. The molecule has 5 rings (SSSR count). The first-order valence-electron chi connectivity index (χ1n) is 8.04. The van der Waals surface area contributed by atoms with E-state index in [0.717, 1.165) is 22.5 Å². The zero-order valence-electron chi connectivity index (χ0n) is 13.0. The largest absolute Gasteiger partial charge is 0.456 e. The number of anilines is 2. The number of rotatable bonds is 2. The third-order valence-electron chi connectivity index (χ3n) is 4.42. The molecule has 0 spiro atoms. The van der Waals surface area contributed by atoms with Crippen LogP contribution in [-0.4, -0.2) is 0 Å². The lowest BCUT2D eigenvalue weighted by Crippen LogP contribution is -1.89. The van der Waals surface area contributed by atoms with Gasteiger partial charge in [0.1, 0.15) is 11.2 Å². The number of fused-ring (bicyclic) bond motifs is 5. The molecule has 114 valence electrons. The van der Waals surface area contributed by atoms with E-state index in [9.17, 15) is 0 Å². The quantitative estimate of drug-likeness (QED) is 0.403. The van der Waals surface area contributed by atoms with Crippen LogP contribution < -0.4 is 5.32 Å².